The largest absolute Gasteiger partial charge is 0.495 e. The van der Waals surface area contributed by atoms with Gasteiger partial charge >= 0.3 is 13.2 Å². The van der Waals surface area contributed by atoms with Crippen molar-refractivity contribution in [1.29, 1.82) is 0 Å². The van der Waals surface area contributed by atoms with Gasteiger partial charge in [0.05, 0.1) is 24.4 Å². The predicted octanol–water partition coefficient (Wildman–Crippen LogP) is 3.12. The van der Waals surface area contributed by atoms with Crippen molar-refractivity contribution < 1.29 is 23.6 Å². The molecule has 0 unspecified atom stereocenters. The Labute approximate surface area is 168 Å². The van der Waals surface area contributed by atoms with E-state index in [1.54, 1.807) is 0 Å². The zero-order valence-electron chi connectivity index (χ0n) is 18.0. The lowest BCUT2D eigenvalue weighted by Gasteiger charge is -2.32. The van der Waals surface area contributed by atoms with E-state index in [-0.39, 0.29) is 17.3 Å². The van der Waals surface area contributed by atoms with E-state index in [1.807, 2.05) is 32.9 Å². The zero-order valence-corrected chi connectivity index (χ0v) is 18.0. The number of hydrogen-bond donors (Lipinski definition) is 1. The molecular weight excluding hydrogens is 357 g/mol. The van der Waals surface area contributed by atoms with Crippen LogP contribution in [0.4, 0.5) is 4.79 Å². The number of fused-ring (bicyclic) bond motifs is 1. The van der Waals surface area contributed by atoms with Gasteiger partial charge in [0.2, 0.25) is 0 Å². The number of rotatable bonds is 3. The van der Waals surface area contributed by atoms with E-state index in [9.17, 15) is 4.79 Å². The average molecular weight is 389 g/mol. The molecule has 1 atom stereocenters. The fourth-order valence-corrected chi connectivity index (χ4v) is 3.46. The average Bonchev–Trinajstić information content (AvgIpc) is 2.78. The maximum atomic E-state index is 12.0. The summed E-state index contributed by atoms with van der Waals surface area (Å²) in [6.45, 7) is 14.7. The smallest absolute Gasteiger partial charge is 0.444 e. The molecule has 0 bridgehead atoms. The summed E-state index contributed by atoms with van der Waals surface area (Å²) in [5.74, 6) is 0. The Morgan fingerprint density at radius 2 is 1.86 bits per heavy atom. The van der Waals surface area contributed by atoms with Gasteiger partial charge in [-0.2, -0.15) is 0 Å². The van der Waals surface area contributed by atoms with Gasteiger partial charge in [-0.25, -0.2) is 4.79 Å². The summed E-state index contributed by atoms with van der Waals surface area (Å²) >= 11 is 0. The van der Waals surface area contributed by atoms with Gasteiger partial charge in [0.15, 0.2) is 0 Å². The fraction of sp³-hybridized carbons (Fsp3) is 0.667. The highest BCUT2D eigenvalue weighted by Crippen LogP contribution is 2.37. The Kier molecular flexibility index (Phi) is 5.56. The Morgan fingerprint density at radius 1 is 1.21 bits per heavy atom. The second kappa shape index (κ2) is 7.36. The maximum absolute atomic E-state index is 12.0. The van der Waals surface area contributed by atoms with Gasteiger partial charge in [0, 0.05) is 0 Å². The molecule has 154 valence electrons. The first kappa shape index (κ1) is 21.2. The monoisotopic (exact) mass is 389 g/mol. The van der Waals surface area contributed by atoms with Crippen LogP contribution in [-0.4, -0.2) is 43.2 Å². The van der Waals surface area contributed by atoms with E-state index in [0.717, 1.165) is 17.4 Å². The van der Waals surface area contributed by atoms with Crippen molar-refractivity contribution >= 4 is 18.7 Å². The molecule has 0 aromatic heterocycles. The standard InChI is InChI=1S/C21H32BNO5/c1-19(2,3)26-18(24)23-13-17-15-9-8-10-16(14(15)11-12-25-17)22-27-20(4,5)21(6,7)28-22/h8-10,17H,11-13H2,1-7H3,(H,23,24)/t17-/m0/s1. The van der Waals surface area contributed by atoms with Gasteiger partial charge in [-0.3, -0.25) is 0 Å². The van der Waals surface area contributed by atoms with Gasteiger partial charge in [-0.1, -0.05) is 18.2 Å². The summed E-state index contributed by atoms with van der Waals surface area (Å²) in [6.07, 6.45) is 0.127. The van der Waals surface area contributed by atoms with Gasteiger partial charge in [-0.15, -0.1) is 0 Å². The summed E-state index contributed by atoms with van der Waals surface area (Å²) in [7, 11) is -0.405. The van der Waals surface area contributed by atoms with Crippen LogP contribution in [0.25, 0.3) is 0 Å². The summed E-state index contributed by atoms with van der Waals surface area (Å²) in [5, 5.41) is 2.82. The minimum absolute atomic E-state index is 0.223. The van der Waals surface area contributed by atoms with E-state index in [1.165, 1.54) is 5.56 Å². The third-order valence-corrected chi connectivity index (χ3v) is 5.60. The number of ether oxygens (including phenoxy) is 2. The molecule has 1 aromatic carbocycles. The number of carbonyl (C=O) groups excluding carboxylic acids is 1. The molecule has 0 aliphatic carbocycles. The molecule has 0 saturated carbocycles. The Balaban J connectivity index is 1.77. The van der Waals surface area contributed by atoms with Gasteiger partial charge in [-0.05, 0) is 71.5 Å². The molecule has 1 N–H and O–H groups in total. The van der Waals surface area contributed by atoms with Crippen LogP contribution >= 0.6 is 0 Å². The number of hydrogen-bond acceptors (Lipinski definition) is 5. The SMILES string of the molecule is CC(C)(C)OC(=O)NC[C@@H]1OCCc2c(B3OC(C)(C)C(C)(C)O3)cccc21. The van der Waals surface area contributed by atoms with E-state index >= 15 is 0 Å². The molecule has 7 heteroatoms. The highest BCUT2D eigenvalue weighted by Gasteiger charge is 2.52. The van der Waals surface area contributed by atoms with Crippen molar-refractivity contribution in [2.75, 3.05) is 13.2 Å². The molecule has 6 nitrogen and oxygen atoms in total. The first-order chi connectivity index (χ1) is 12.9. The minimum Gasteiger partial charge on any atom is -0.444 e. The number of benzene rings is 1. The van der Waals surface area contributed by atoms with Crippen LogP contribution in [0.15, 0.2) is 18.2 Å². The normalized spacial score (nSPS) is 23.2. The summed E-state index contributed by atoms with van der Waals surface area (Å²) in [4.78, 5) is 12.0. The fourth-order valence-electron chi connectivity index (χ4n) is 3.46. The van der Waals surface area contributed by atoms with Gasteiger partial charge in [0.25, 0.3) is 0 Å². The molecular formula is C21H32BNO5. The molecule has 1 aromatic rings. The Bertz CT molecular complexity index is 725. The molecule has 1 fully saturated rings. The molecule has 28 heavy (non-hydrogen) atoms. The van der Waals surface area contributed by atoms with Crippen LogP contribution in [0, 0.1) is 0 Å². The van der Waals surface area contributed by atoms with Crippen molar-refractivity contribution in [3.63, 3.8) is 0 Å². The summed E-state index contributed by atoms with van der Waals surface area (Å²) < 4.78 is 23.8. The van der Waals surface area contributed by atoms with Crippen LogP contribution in [-0.2, 0) is 25.2 Å². The molecule has 1 saturated heterocycles. The van der Waals surface area contributed by atoms with Crippen LogP contribution < -0.4 is 10.8 Å². The molecule has 1 amide bonds. The van der Waals surface area contributed by atoms with Crippen molar-refractivity contribution in [3.05, 3.63) is 29.3 Å². The molecule has 0 spiro atoms. The van der Waals surface area contributed by atoms with Crippen LogP contribution in [0.3, 0.4) is 0 Å². The van der Waals surface area contributed by atoms with Crippen molar-refractivity contribution in [2.45, 2.75) is 77.8 Å². The number of nitrogens with one attached hydrogen (secondary N) is 1. The van der Waals surface area contributed by atoms with E-state index in [0.29, 0.717) is 13.2 Å². The number of amides is 1. The predicted molar refractivity (Wildman–Crippen MR) is 109 cm³/mol. The molecule has 0 radical (unpaired) electrons. The second-order valence-corrected chi connectivity index (χ2v) is 9.50. The number of carbonyl (C=O) groups is 1. The van der Waals surface area contributed by atoms with Crippen molar-refractivity contribution in [2.24, 2.45) is 0 Å². The quantitative estimate of drug-likeness (QED) is 0.805. The Hall–Kier alpha value is -1.57. The Morgan fingerprint density at radius 3 is 2.46 bits per heavy atom. The second-order valence-electron chi connectivity index (χ2n) is 9.50. The molecule has 2 heterocycles. The lowest BCUT2D eigenvalue weighted by molar-refractivity contribution is 0.00578. The highest BCUT2D eigenvalue weighted by molar-refractivity contribution is 6.62. The number of alkyl carbamates (subject to hydrolysis) is 1. The van der Waals surface area contributed by atoms with Crippen molar-refractivity contribution in [1.82, 2.24) is 5.32 Å². The van der Waals surface area contributed by atoms with Crippen LogP contribution in [0.5, 0.6) is 0 Å². The topological polar surface area (TPSA) is 66.0 Å². The maximum Gasteiger partial charge on any atom is 0.495 e. The molecule has 2 aliphatic heterocycles. The van der Waals surface area contributed by atoms with Gasteiger partial charge in [0.1, 0.15) is 11.7 Å². The third kappa shape index (κ3) is 4.37. The molecule has 3 rings (SSSR count). The van der Waals surface area contributed by atoms with Crippen LogP contribution in [0.2, 0.25) is 0 Å². The van der Waals surface area contributed by atoms with E-state index in [2.05, 4.69) is 39.1 Å². The first-order valence-corrected chi connectivity index (χ1v) is 9.95. The van der Waals surface area contributed by atoms with Crippen LogP contribution in [0.1, 0.15) is 65.7 Å². The van der Waals surface area contributed by atoms with E-state index in [4.69, 9.17) is 18.8 Å². The lowest BCUT2D eigenvalue weighted by Crippen LogP contribution is -2.41. The third-order valence-electron chi connectivity index (χ3n) is 5.60. The lowest BCUT2D eigenvalue weighted by atomic mass is 9.73. The van der Waals surface area contributed by atoms with Crippen molar-refractivity contribution in [3.8, 4) is 0 Å². The minimum atomic E-state index is -0.528. The first-order valence-electron chi connectivity index (χ1n) is 9.95. The van der Waals surface area contributed by atoms with Gasteiger partial charge < -0.3 is 24.1 Å². The molecule has 2 aliphatic rings. The summed E-state index contributed by atoms with van der Waals surface area (Å²) in [6, 6.07) is 6.10. The zero-order chi connectivity index (χ0) is 20.7. The summed E-state index contributed by atoms with van der Waals surface area (Å²) in [5.41, 5.74) is 1.99. The highest BCUT2D eigenvalue weighted by atomic mass is 16.7. The van der Waals surface area contributed by atoms with E-state index < -0.39 is 18.8 Å².